The number of aryl methyl sites for hydroxylation is 2. The smallest absolute Gasteiger partial charge is 0.234 e. The number of ether oxygens (including phenoxy) is 1. The number of nitrogens with zero attached hydrogens (tertiary/aromatic N) is 3. The fourth-order valence-corrected chi connectivity index (χ4v) is 3.39. The Morgan fingerprint density at radius 2 is 1.82 bits per heavy atom. The van der Waals surface area contributed by atoms with Gasteiger partial charge in [-0.3, -0.25) is 4.79 Å². The molecule has 7 heteroatoms. The predicted octanol–water partition coefficient (Wildman–Crippen LogP) is 4.05. The molecule has 0 fully saturated rings. The highest BCUT2D eigenvalue weighted by molar-refractivity contribution is 7.99. The summed E-state index contributed by atoms with van der Waals surface area (Å²) in [7, 11) is 1.88. The highest BCUT2D eigenvalue weighted by Crippen LogP contribution is 2.21. The van der Waals surface area contributed by atoms with Crippen LogP contribution in [0.15, 0.2) is 47.6 Å². The predicted molar refractivity (Wildman–Crippen MR) is 112 cm³/mol. The maximum Gasteiger partial charge on any atom is 0.234 e. The van der Waals surface area contributed by atoms with Gasteiger partial charge >= 0.3 is 0 Å². The summed E-state index contributed by atoms with van der Waals surface area (Å²) < 4.78 is 7.69. The van der Waals surface area contributed by atoms with Gasteiger partial charge in [-0.05, 0) is 49.6 Å². The number of thioether (sulfide) groups is 1. The van der Waals surface area contributed by atoms with Crippen molar-refractivity contribution in [2.75, 3.05) is 11.1 Å². The number of para-hydroxylation sites is 1. The maximum atomic E-state index is 12.3. The lowest BCUT2D eigenvalue weighted by molar-refractivity contribution is -0.113. The first kappa shape index (κ1) is 19.9. The van der Waals surface area contributed by atoms with Crippen LogP contribution < -0.4 is 10.1 Å². The largest absolute Gasteiger partial charge is 0.485 e. The van der Waals surface area contributed by atoms with Crippen LogP contribution in [0, 0.1) is 20.8 Å². The van der Waals surface area contributed by atoms with Gasteiger partial charge in [-0.1, -0.05) is 42.1 Å². The van der Waals surface area contributed by atoms with E-state index in [2.05, 4.69) is 15.5 Å². The summed E-state index contributed by atoms with van der Waals surface area (Å²) in [5.41, 5.74) is 4.14. The van der Waals surface area contributed by atoms with Crippen LogP contribution in [0.25, 0.3) is 0 Å². The molecule has 0 unspecified atom stereocenters. The molecule has 0 atom stereocenters. The molecule has 0 saturated heterocycles. The number of rotatable bonds is 7. The van der Waals surface area contributed by atoms with Crippen LogP contribution in [-0.2, 0) is 18.4 Å². The Bertz CT molecular complexity index is 984. The van der Waals surface area contributed by atoms with Crippen molar-refractivity contribution in [1.82, 2.24) is 14.8 Å². The number of amides is 1. The number of nitrogens with one attached hydrogen (secondary N) is 1. The number of carbonyl (C=O) groups is 1. The van der Waals surface area contributed by atoms with E-state index >= 15 is 0 Å². The lowest BCUT2D eigenvalue weighted by Crippen LogP contribution is -2.15. The van der Waals surface area contributed by atoms with Crippen molar-refractivity contribution in [3.63, 3.8) is 0 Å². The Balaban J connectivity index is 1.56. The molecule has 0 aliphatic carbocycles. The monoisotopic (exact) mass is 396 g/mol. The summed E-state index contributed by atoms with van der Waals surface area (Å²) in [4.78, 5) is 12.3. The van der Waals surface area contributed by atoms with Crippen LogP contribution in [0.2, 0.25) is 0 Å². The molecule has 1 heterocycles. The highest BCUT2D eigenvalue weighted by atomic mass is 32.2. The van der Waals surface area contributed by atoms with E-state index in [1.807, 2.05) is 74.9 Å². The Hall–Kier alpha value is -2.80. The zero-order chi connectivity index (χ0) is 20.1. The lowest BCUT2D eigenvalue weighted by atomic mass is 10.1. The van der Waals surface area contributed by atoms with E-state index in [0.717, 1.165) is 28.1 Å². The van der Waals surface area contributed by atoms with E-state index in [4.69, 9.17) is 4.74 Å². The second-order valence-corrected chi connectivity index (χ2v) is 7.54. The zero-order valence-electron chi connectivity index (χ0n) is 16.5. The second-order valence-electron chi connectivity index (χ2n) is 6.60. The van der Waals surface area contributed by atoms with Gasteiger partial charge in [0.25, 0.3) is 0 Å². The third kappa shape index (κ3) is 4.72. The summed E-state index contributed by atoms with van der Waals surface area (Å²) in [5, 5.41) is 12.0. The Labute approximate surface area is 169 Å². The minimum absolute atomic E-state index is 0.0700. The lowest BCUT2D eigenvalue weighted by Gasteiger charge is -2.10. The van der Waals surface area contributed by atoms with E-state index in [0.29, 0.717) is 17.6 Å². The molecule has 1 N–H and O–H groups in total. The van der Waals surface area contributed by atoms with Crippen molar-refractivity contribution in [3.05, 3.63) is 65.0 Å². The highest BCUT2D eigenvalue weighted by Gasteiger charge is 2.13. The van der Waals surface area contributed by atoms with Crippen LogP contribution in [0.5, 0.6) is 5.75 Å². The van der Waals surface area contributed by atoms with E-state index < -0.39 is 0 Å². The van der Waals surface area contributed by atoms with Crippen molar-refractivity contribution in [2.45, 2.75) is 32.5 Å². The van der Waals surface area contributed by atoms with Gasteiger partial charge in [-0.25, -0.2) is 0 Å². The molecule has 3 rings (SSSR count). The van der Waals surface area contributed by atoms with Crippen LogP contribution >= 0.6 is 11.8 Å². The Morgan fingerprint density at radius 1 is 1.07 bits per heavy atom. The van der Waals surface area contributed by atoms with E-state index in [-0.39, 0.29) is 11.7 Å². The van der Waals surface area contributed by atoms with Crippen molar-refractivity contribution in [2.24, 2.45) is 7.05 Å². The van der Waals surface area contributed by atoms with Crippen LogP contribution in [0.1, 0.15) is 22.5 Å². The molecule has 0 bridgehead atoms. The van der Waals surface area contributed by atoms with Crippen molar-refractivity contribution >= 4 is 23.4 Å². The fourth-order valence-electron chi connectivity index (χ4n) is 2.66. The Morgan fingerprint density at radius 3 is 2.61 bits per heavy atom. The zero-order valence-corrected chi connectivity index (χ0v) is 17.3. The molecule has 1 aromatic heterocycles. The molecule has 0 spiro atoms. The average Bonchev–Trinajstić information content (AvgIpc) is 3.03. The molecular weight excluding hydrogens is 372 g/mol. The molecular formula is C21H24N4O2S. The van der Waals surface area contributed by atoms with Crippen LogP contribution in [0.3, 0.4) is 0 Å². The molecule has 146 valence electrons. The summed E-state index contributed by atoms with van der Waals surface area (Å²) in [6.45, 7) is 6.35. The Kier molecular flexibility index (Phi) is 6.36. The van der Waals surface area contributed by atoms with Gasteiger partial charge in [0.1, 0.15) is 12.4 Å². The molecule has 0 saturated carbocycles. The van der Waals surface area contributed by atoms with Gasteiger partial charge in [0.2, 0.25) is 5.91 Å². The second kappa shape index (κ2) is 8.93. The molecule has 0 radical (unpaired) electrons. The standard InChI is InChI=1S/C21H24N4O2S/c1-14-9-7-10-17(16(14)3)22-20(26)13-28-21-24-23-19(25(21)4)12-27-18-11-6-5-8-15(18)2/h5-11H,12-13H2,1-4H3,(H,22,26). The summed E-state index contributed by atoms with van der Waals surface area (Å²) in [6.07, 6.45) is 0. The molecule has 6 nitrogen and oxygen atoms in total. The fraction of sp³-hybridized carbons (Fsp3) is 0.286. The summed E-state index contributed by atoms with van der Waals surface area (Å²) in [6, 6.07) is 13.7. The van der Waals surface area contributed by atoms with E-state index in [1.54, 1.807) is 0 Å². The summed E-state index contributed by atoms with van der Waals surface area (Å²) in [5.74, 6) is 1.73. The quantitative estimate of drug-likeness (QED) is 0.610. The first-order valence-electron chi connectivity index (χ1n) is 9.01. The van der Waals surface area contributed by atoms with E-state index in [9.17, 15) is 4.79 Å². The minimum atomic E-state index is -0.0700. The average molecular weight is 397 g/mol. The number of benzene rings is 2. The van der Waals surface area contributed by atoms with Gasteiger partial charge in [0.05, 0.1) is 5.75 Å². The molecule has 0 aliphatic rings. The molecule has 0 aliphatic heterocycles. The normalized spacial score (nSPS) is 10.7. The van der Waals surface area contributed by atoms with Crippen molar-refractivity contribution in [1.29, 1.82) is 0 Å². The minimum Gasteiger partial charge on any atom is -0.485 e. The summed E-state index contributed by atoms with van der Waals surface area (Å²) >= 11 is 1.35. The topological polar surface area (TPSA) is 69.0 Å². The van der Waals surface area contributed by atoms with Crippen molar-refractivity contribution in [3.8, 4) is 5.75 Å². The van der Waals surface area contributed by atoms with Gasteiger partial charge < -0.3 is 14.6 Å². The number of carbonyl (C=O) groups excluding carboxylic acids is 1. The maximum absolute atomic E-state index is 12.3. The third-order valence-corrected chi connectivity index (χ3v) is 5.61. The van der Waals surface area contributed by atoms with Crippen LogP contribution in [-0.4, -0.2) is 26.4 Å². The number of hydrogen-bond acceptors (Lipinski definition) is 5. The third-order valence-electron chi connectivity index (χ3n) is 4.59. The van der Waals surface area contributed by atoms with Gasteiger partial charge in [-0.15, -0.1) is 10.2 Å². The van der Waals surface area contributed by atoms with E-state index in [1.165, 1.54) is 11.8 Å². The first-order chi connectivity index (χ1) is 13.5. The number of anilines is 1. The van der Waals surface area contributed by atoms with Crippen molar-refractivity contribution < 1.29 is 9.53 Å². The van der Waals surface area contributed by atoms with Gasteiger partial charge in [-0.2, -0.15) is 0 Å². The molecule has 3 aromatic rings. The van der Waals surface area contributed by atoms with Gasteiger partial charge in [0.15, 0.2) is 11.0 Å². The number of hydrogen-bond donors (Lipinski definition) is 1. The van der Waals surface area contributed by atoms with Crippen LogP contribution in [0.4, 0.5) is 5.69 Å². The molecule has 28 heavy (non-hydrogen) atoms. The van der Waals surface area contributed by atoms with Gasteiger partial charge in [0, 0.05) is 12.7 Å². The SMILES string of the molecule is Cc1ccccc1OCc1nnc(SCC(=O)Nc2cccc(C)c2C)n1C. The molecule has 1 amide bonds. The first-order valence-corrected chi connectivity index (χ1v) is 10.00. The number of aromatic nitrogens is 3. The molecule has 2 aromatic carbocycles.